The Hall–Kier alpha value is -6.53. The molecule has 6 nitrogen and oxygen atoms in total. The quantitative estimate of drug-likeness (QED) is 0.0934. The van der Waals surface area contributed by atoms with E-state index < -0.39 is 0 Å². The fourth-order valence-corrected chi connectivity index (χ4v) is 8.03. The molecule has 6 aromatic carbocycles. The van der Waals surface area contributed by atoms with Crippen molar-refractivity contribution in [1.29, 1.82) is 0 Å². The lowest BCUT2D eigenvalue weighted by atomic mass is 9.97. The van der Waals surface area contributed by atoms with Crippen LogP contribution in [0.2, 0.25) is 0 Å². The van der Waals surface area contributed by atoms with E-state index in [4.69, 9.17) is 4.74 Å². The Labute approximate surface area is 300 Å². The van der Waals surface area contributed by atoms with Crippen molar-refractivity contribution in [2.24, 2.45) is 0 Å². The second-order valence-electron chi connectivity index (χ2n) is 14.1. The smallest absolute Gasteiger partial charge is 0.302 e. The van der Waals surface area contributed by atoms with Crippen LogP contribution in [0.15, 0.2) is 147 Å². The summed E-state index contributed by atoms with van der Waals surface area (Å²) in [5.74, 6) is -0.265. The number of hydrogen-bond donors (Lipinski definition) is 0. The highest BCUT2D eigenvalue weighted by molar-refractivity contribution is 6.22. The first-order chi connectivity index (χ1) is 25.5. The van der Waals surface area contributed by atoms with E-state index >= 15 is 0 Å². The van der Waals surface area contributed by atoms with Gasteiger partial charge < -0.3 is 4.74 Å². The van der Waals surface area contributed by atoms with Crippen LogP contribution >= 0.6 is 0 Å². The predicted octanol–water partition coefficient (Wildman–Crippen LogP) is 7.95. The number of esters is 1. The lowest BCUT2D eigenvalue weighted by Gasteiger charge is -2.10. The SMILES string of the molecule is CC(=O)OCc1ccc(C[n+]2cc3ccc4c[n+](Cc5ccc(C[n+]6cc7ccc8cncc9ccc(c6)c7c89)cc5)cc5ccc(c2)c3c45)cc1. The zero-order valence-electron chi connectivity index (χ0n) is 28.8. The summed E-state index contributed by atoms with van der Waals surface area (Å²) >= 11 is 0. The van der Waals surface area contributed by atoms with Gasteiger partial charge in [0.1, 0.15) is 6.61 Å². The Morgan fingerprint density at radius 1 is 0.442 bits per heavy atom. The molecule has 0 radical (unpaired) electrons. The molecular weight excluding hydrogens is 641 g/mol. The Balaban J connectivity index is 0.882. The molecule has 248 valence electrons. The lowest BCUT2D eigenvalue weighted by molar-refractivity contribution is -0.686. The van der Waals surface area contributed by atoms with Crippen molar-refractivity contribution in [3.05, 3.63) is 169 Å². The van der Waals surface area contributed by atoms with Gasteiger partial charge in [-0.25, -0.2) is 0 Å². The standard InChI is InChI=1S/C46H35N4O2/c1-30(51)52-29-34-8-6-33(7-9-34)22-50-27-41-16-14-39-25-49(26-40-15-17-42(28-50)46(41)45(39)40)21-32-4-2-31(3-5-32)20-48-23-37-12-10-35-18-47-19-36-11-13-38(24-48)44(37)43(35)36/h2-19,23-28H,20-22,29H2,1H3/q+3. The van der Waals surface area contributed by atoms with E-state index in [-0.39, 0.29) is 5.97 Å². The maximum atomic E-state index is 11.2. The maximum Gasteiger partial charge on any atom is 0.302 e. The number of rotatable bonds is 8. The Kier molecular flexibility index (Phi) is 7.03. The van der Waals surface area contributed by atoms with Crippen LogP contribution in [-0.4, -0.2) is 11.0 Å². The summed E-state index contributed by atoms with van der Waals surface area (Å²) in [5, 5.41) is 15.1. The van der Waals surface area contributed by atoms with Gasteiger partial charge in [0.25, 0.3) is 0 Å². The van der Waals surface area contributed by atoms with Crippen molar-refractivity contribution in [3.63, 3.8) is 0 Å². The Morgan fingerprint density at radius 3 is 1.06 bits per heavy atom. The summed E-state index contributed by atoms with van der Waals surface area (Å²) in [5.41, 5.74) is 4.74. The molecule has 0 N–H and O–H groups in total. The molecule has 10 aromatic rings. The van der Waals surface area contributed by atoms with Gasteiger partial charge in [0.2, 0.25) is 0 Å². The van der Waals surface area contributed by atoms with Crippen LogP contribution < -0.4 is 13.7 Å². The fourth-order valence-electron chi connectivity index (χ4n) is 8.03. The number of nitrogens with zero attached hydrogens (tertiary/aromatic N) is 4. The van der Waals surface area contributed by atoms with E-state index in [0.29, 0.717) is 6.61 Å². The molecule has 0 atom stereocenters. The van der Waals surface area contributed by atoms with Crippen LogP contribution in [0.1, 0.15) is 29.2 Å². The lowest BCUT2D eigenvalue weighted by Crippen LogP contribution is -2.34. The van der Waals surface area contributed by atoms with E-state index in [0.717, 1.165) is 25.2 Å². The highest BCUT2D eigenvalue weighted by Gasteiger charge is 2.18. The molecule has 0 saturated carbocycles. The van der Waals surface area contributed by atoms with E-state index in [1.54, 1.807) is 0 Å². The van der Waals surface area contributed by atoms with Gasteiger partial charge in [-0.3, -0.25) is 9.78 Å². The first kappa shape index (κ1) is 30.3. The zero-order valence-corrected chi connectivity index (χ0v) is 28.8. The molecule has 4 heterocycles. The summed E-state index contributed by atoms with van der Waals surface area (Å²) in [4.78, 5) is 15.6. The van der Waals surface area contributed by atoms with Gasteiger partial charge in [0.05, 0.1) is 0 Å². The molecule has 0 saturated heterocycles. The topological polar surface area (TPSA) is 50.8 Å². The zero-order chi connectivity index (χ0) is 34.8. The average molecular weight is 676 g/mol. The maximum absolute atomic E-state index is 11.2. The van der Waals surface area contributed by atoms with Gasteiger partial charge in [-0.2, -0.15) is 13.7 Å². The molecule has 0 bridgehead atoms. The Bertz CT molecular complexity index is 2820. The van der Waals surface area contributed by atoms with Crippen molar-refractivity contribution in [2.45, 2.75) is 33.2 Å². The normalized spacial score (nSPS) is 11.9. The second-order valence-corrected chi connectivity index (χ2v) is 14.1. The van der Waals surface area contributed by atoms with Crippen LogP contribution in [-0.2, 0) is 35.8 Å². The van der Waals surface area contributed by atoms with Crippen molar-refractivity contribution >= 4 is 70.6 Å². The minimum Gasteiger partial charge on any atom is -0.461 e. The number of benzene rings is 6. The predicted molar refractivity (Wildman–Crippen MR) is 204 cm³/mol. The van der Waals surface area contributed by atoms with Crippen LogP contribution in [0.3, 0.4) is 0 Å². The highest BCUT2D eigenvalue weighted by atomic mass is 16.5. The first-order valence-electron chi connectivity index (χ1n) is 17.7. The average Bonchev–Trinajstić information content (AvgIpc) is 3.16. The number of ether oxygens (including phenoxy) is 1. The van der Waals surface area contributed by atoms with Gasteiger partial charge in [-0.1, -0.05) is 60.7 Å². The summed E-state index contributed by atoms with van der Waals surface area (Å²) in [6.45, 7) is 4.12. The Morgan fingerprint density at radius 2 is 0.731 bits per heavy atom. The summed E-state index contributed by atoms with van der Waals surface area (Å²) < 4.78 is 12.0. The number of pyridine rings is 4. The van der Waals surface area contributed by atoms with Gasteiger partial charge in [0, 0.05) is 101 Å². The molecule has 0 amide bonds. The van der Waals surface area contributed by atoms with Gasteiger partial charge in [-0.15, -0.1) is 0 Å². The molecule has 4 aromatic heterocycles. The second kappa shape index (κ2) is 12.1. The van der Waals surface area contributed by atoms with Crippen molar-refractivity contribution in [1.82, 2.24) is 4.98 Å². The van der Waals surface area contributed by atoms with Crippen molar-refractivity contribution in [2.75, 3.05) is 0 Å². The minimum atomic E-state index is -0.265. The number of carbonyl (C=O) groups is 1. The van der Waals surface area contributed by atoms with E-state index in [2.05, 4.69) is 141 Å². The molecule has 0 aliphatic carbocycles. The van der Waals surface area contributed by atoms with E-state index in [1.807, 2.05) is 24.5 Å². The molecule has 0 unspecified atom stereocenters. The van der Waals surface area contributed by atoms with Crippen LogP contribution in [0.25, 0.3) is 64.6 Å². The van der Waals surface area contributed by atoms with Crippen LogP contribution in [0.4, 0.5) is 0 Å². The van der Waals surface area contributed by atoms with Gasteiger partial charge in [-0.05, 0) is 42.0 Å². The number of aromatic nitrogens is 4. The number of hydrogen-bond acceptors (Lipinski definition) is 3. The van der Waals surface area contributed by atoms with Crippen molar-refractivity contribution < 1.29 is 23.2 Å². The van der Waals surface area contributed by atoms with Crippen LogP contribution in [0.5, 0.6) is 0 Å². The molecule has 0 aliphatic rings. The third-order valence-electron chi connectivity index (χ3n) is 10.4. The minimum absolute atomic E-state index is 0.265. The van der Waals surface area contributed by atoms with Gasteiger partial charge >= 0.3 is 5.97 Å². The molecular formula is C46H35N4O2+3. The third kappa shape index (κ3) is 5.40. The molecule has 0 aliphatic heterocycles. The molecule has 0 spiro atoms. The highest BCUT2D eigenvalue weighted by Crippen LogP contribution is 2.34. The molecule has 52 heavy (non-hydrogen) atoms. The first-order valence-corrected chi connectivity index (χ1v) is 17.7. The molecule has 6 heteroatoms. The monoisotopic (exact) mass is 675 g/mol. The van der Waals surface area contributed by atoms with Crippen LogP contribution in [0, 0.1) is 0 Å². The molecule has 0 fully saturated rings. The van der Waals surface area contributed by atoms with Gasteiger partial charge in [0.15, 0.2) is 56.8 Å². The fraction of sp³-hybridized carbons (Fsp3) is 0.109. The summed E-state index contributed by atoms with van der Waals surface area (Å²) in [6.07, 6.45) is 17.5. The number of carbonyl (C=O) groups excluding carboxylic acids is 1. The summed E-state index contributed by atoms with van der Waals surface area (Å²) in [6, 6.07) is 35.1. The van der Waals surface area contributed by atoms with E-state index in [1.165, 1.54) is 88.2 Å². The molecule has 10 rings (SSSR count). The van der Waals surface area contributed by atoms with E-state index in [9.17, 15) is 4.79 Å². The summed E-state index contributed by atoms with van der Waals surface area (Å²) in [7, 11) is 0. The van der Waals surface area contributed by atoms with Crippen molar-refractivity contribution in [3.8, 4) is 0 Å². The third-order valence-corrected chi connectivity index (χ3v) is 10.4. The largest absolute Gasteiger partial charge is 0.461 e.